The first-order valence-corrected chi connectivity index (χ1v) is 6.33. The van der Waals surface area contributed by atoms with Crippen LogP contribution in [0.5, 0.6) is 0 Å². The fourth-order valence-electron chi connectivity index (χ4n) is 2.02. The molecular weight excluding hydrogens is 281 g/mol. The zero-order valence-electron chi connectivity index (χ0n) is 10.6. The summed E-state index contributed by atoms with van der Waals surface area (Å²) in [6.07, 6.45) is 1.65. The quantitative estimate of drug-likeness (QED) is 0.754. The Balaban J connectivity index is 1.93. The second kappa shape index (κ2) is 5.05. The molecule has 20 heavy (non-hydrogen) atoms. The van der Waals surface area contributed by atoms with Crippen LogP contribution in [0.15, 0.2) is 30.5 Å². The van der Waals surface area contributed by atoms with Gasteiger partial charge >= 0.3 is 0 Å². The van der Waals surface area contributed by atoms with Crippen molar-refractivity contribution in [1.82, 2.24) is 20.2 Å². The molecule has 2 aromatic heterocycles. The van der Waals surface area contributed by atoms with Gasteiger partial charge in [0.05, 0.1) is 11.6 Å². The van der Waals surface area contributed by atoms with Gasteiger partial charge in [-0.15, -0.1) is 0 Å². The molecule has 102 valence electrons. The summed E-state index contributed by atoms with van der Waals surface area (Å²) in [7, 11) is 1.88. The molecule has 3 rings (SSSR count). The van der Waals surface area contributed by atoms with Gasteiger partial charge in [0.15, 0.2) is 5.65 Å². The Morgan fingerprint density at radius 2 is 2.00 bits per heavy atom. The summed E-state index contributed by atoms with van der Waals surface area (Å²) in [5.41, 5.74) is 1.56. The van der Waals surface area contributed by atoms with Gasteiger partial charge in [0.25, 0.3) is 0 Å². The van der Waals surface area contributed by atoms with Crippen molar-refractivity contribution < 1.29 is 4.39 Å². The van der Waals surface area contributed by atoms with Gasteiger partial charge in [-0.25, -0.2) is 4.39 Å². The van der Waals surface area contributed by atoms with Crippen molar-refractivity contribution >= 4 is 28.5 Å². The molecule has 0 radical (unpaired) electrons. The predicted octanol–water partition coefficient (Wildman–Crippen LogP) is 2.78. The van der Waals surface area contributed by atoms with Gasteiger partial charge in [-0.05, 0) is 29.3 Å². The number of anilines is 1. The van der Waals surface area contributed by atoms with Crippen molar-refractivity contribution in [3.05, 3.63) is 47.1 Å². The van der Waals surface area contributed by atoms with Gasteiger partial charge in [0, 0.05) is 13.6 Å². The summed E-state index contributed by atoms with van der Waals surface area (Å²) in [5.74, 6) is 0.428. The first-order valence-electron chi connectivity index (χ1n) is 5.95. The normalized spacial score (nSPS) is 10.9. The van der Waals surface area contributed by atoms with E-state index in [9.17, 15) is 4.39 Å². The highest BCUT2D eigenvalue weighted by Gasteiger charge is 2.12. The Kier molecular flexibility index (Phi) is 3.23. The summed E-state index contributed by atoms with van der Waals surface area (Å²) in [4.78, 5) is 10.2. The molecule has 2 heterocycles. The van der Waals surface area contributed by atoms with Crippen molar-refractivity contribution in [1.29, 1.82) is 0 Å². The summed E-state index contributed by atoms with van der Waals surface area (Å²) >= 11 is 5.90. The van der Waals surface area contributed by atoms with Crippen molar-refractivity contribution in [2.24, 2.45) is 0 Å². The topological polar surface area (TPSA) is 57.7 Å². The van der Waals surface area contributed by atoms with E-state index in [1.807, 2.05) is 11.9 Å². The summed E-state index contributed by atoms with van der Waals surface area (Å²) in [6, 6.07) is 6.34. The number of hydrogen-bond donors (Lipinski definition) is 1. The molecule has 0 aliphatic rings. The van der Waals surface area contributed by atoms with Crippen LogP contribution in [-0.2, 0) is 6.54 Å². The first kappa shape index (κ1) is 12.8. The molecule has 0 bridgehead atoms. The molecule has 0 aliphatic carbocycles. The van der Waals surface area contributed by atoms with E-state index in [0.29, 0.717) is 18.0 Å². The number of H-pyrrole nitrogens is 1. The predicted molar refractivity (Wildman–Crippen MR) is 75.2 cm³/mol. The Bertz CT molecular complexity index is 740. The second-order valence-corrected chi connectivity index (χ2v) is 4.77. The largest absolute Gasteiger partial charge is 0.355 e. The molecule has 1 N–H and O–H groups in total. The third-order valence-corrected chi connectivity index (χ3v) is 3.13. The lowest BCUT2D eigenvalue weighted by Gasteiger charge is -2.18. The highest BCUT2D eigenvalue weighted by atomic mass is 35.5. The SMILES string of the molecule is CN(Cc1ccc(F)cc1)c1nc(Cl)nc2[nH]ncc12. The lowest BCUT2D eigenvalue weighted by Crippen LogP contribution is -2.18. The zero-order chi connectivity index (χ0) is 14.1. The minimum atomic E-state index is -0.251. The van der Waals surface area contributed by atoms with Crippen molar-refractivity contribution in [2.75, 3.05) is 11.9 Å². The van der Waals surface area contributed by atoms with E-state index in [4.69, 9.17) is 11.6 Å². The number of benzene rings is 1. The van der Waals surface area contributed by atoms with E-state index in [2.05, 4.69) is 20.2 Å². The van der Waals surface area contributed by atoms with Gasteiger partial charge in [-0.1, -0.05) is 12.1 Å². The molecule has 0 spiro atoms. The van der Waals surface area contributed by atoms with Gasteiger partial charge in [-0.2, -0.15) is 15.1 Å². The molecule has 0 saturated carbocycles. The van der Waals surface area contributed by atoms with Crippen LogP contribution in [0.4, 0.5) is 10.2 Å². The van der Waals surface area contributed by atoms with Crippen LogP contribution in [0.1, 0.15) is 5.56 Å². The second-order valence-electron chi connectivity index (χ2n) is 4.43. The molecule has 0 saturated heterocycles. The number of hydrogen-bond acceptors (Lipinski definition) is 4. The molecule has 0 aliphatic heterocycles. The van der Waals surface area contributed by atoms with Crippen LogP contribution in [0.2, 0.25) is 5.28 Å². The smallest absolute Gasteiger partial charge is 0.226 e. The third-order valence-electron chi connectivity index (χ3n) is 2.96. The standard InChI is InChI=1S/C13H11ClFN5/c1-20(7-8-2-4-9(15)5-3-8)12-10-6-16-19-11(10)17-13(14)18-12/h2-6H,7H2,1H3,(H,16,17,18,19). The van der Waals surface area contributed by atoms with Crippen molar-refractivity contribution in [3.63, 3.8) is 0 Å². The Morgan fingerprint density at radius 1 is 1.25 bits per heavy atom. The number of aromatic amines is 1. The molecule has 0 fully saturated rings. The minimum Gasteiger partial charge on any atom is -0.355 e. The molecule has 1 aromatic carbocycles. The molecule has 0 amide bonds. The van der Waals surface area contributed by atoms with E-state index in [0.717, 1.165) is 10.9 Å². The molecular formula is C13H11ClFN5. The van der Waals surface area contributed by atoms with Crippen molar-refractivity contribution in [2.45, 2.75) is 6.54 Å². The maximum absolute atomic E-state index is 12.9. The highest BCUT2D eigenvalue weighted by Crippen LogP contribution is 2.24. The van der Waals surface area contributed by atoms with Gasteiger partial charge in [0.1, 0.15) is 11.6 Å². The van der Waals surface area contributed by atoms with Crippen LogP contribution in [0, 0.1) is 5.82 Å². The van der Waals surface area contributed by atoms with E-state index in [1.54, 1.807) is 18.3 Å². The van der Waals surface area contributed by atoms with Crippen LogP contribution < -0.4 is 4.90 Å². The van der Waals surface area contributed by atoms with Crippen molar-refractivity contribution in [3.8, 4) is 0 Å². The number of aromatic nitrogens is 4. The lowest BCUT2D eigenvalue weighted by atomic mass is 10.2. The average Bonchev–Trinajstić information content (AvgIpc) is 2.88. The molecule has 3 aromatic rings. The van der Waals surface area contributed by atoms with Crippen LogP contribution in [0.25, 0.3) is 11.0 Å². The lowest BCUT2D eigenvalue weighted by molar-refractivity contribution is 0.627. The van der Waals surface area contributed by atoms with E-state index >= 15 is 0 Å². The number of rotatable bonds is 3. The molecule has 0 unspecified atom stereocenters. The van der Waals surface area contributed by atoms with Gasteiger partial charge in [0.2, 0.25) is 5.28 Å². The van der Waals surface area contributed by atoms with Gasteiger partial charge < -0.3 is 4.90 Å². The van der Waals surface area contributed by atoms with Gasteiger partial charge in [-0.3, -0.25) is 5.10 Å². The monoisotopic (exact) mass is 291 g/mol. The number of fused-ring (bicyclic) bond motifs is 1. The zero-order valence-corrected chi connectivity index (χ0v) is 11.4. The third kappa shape index (κ3) is 2.42. The van der Waals surface area contributed by atoms with Crippen LogP contribution in [0.3, 0.4) is 0 Å². The van der Waals surface area contributed by atoms with E-state index in [-0.39, 0.29) is 11.1 Å². The summed E-state index contributed by atoms with van der Waals surface area (Å²) in [5, 5.41) is 7.65. The number of nitrogens with zero attached hydrogens (tertiary/aromatic N) is 4. The number of nitrogens with one attached hydrogen (secondary N) is 1. The Hall–Kier alpha value is -2.21. The maximum Gasteiger partial charge on any atom is 0.226 e. The minimum absolute atomic E-state index is 0.155. The fourth-order valence-corrected chi connectivity index (χ4v) is 2.19. The van der Waals surface area contributed by atoms with Crippen LogP contribution in [-0.4, -0.2) is 27.2 Å². The molecule has 0 atom stereocenters. The van der Waals surface area contributed by atoms with E-state index < -0.39 is 0 Å². The number of halogens is 2. The maximum atomic E-state index is 12.9. The fraction of sp³-hybridized carbons (Fsp3) is 0.154. The Labute approximate surface area is 119 Å². The summed E-state index contributed by atoms with van der Waals surface area (Å²) < 4.78 is 12.9. The average molecular weight is 292 g/mol. The molecule has 7 heteroatoms. The highest BCUT2D eigenvalue weighted by molar-refractivity contribution is 6.28. The molecule has 5 nitrogen and oxygen atoms in total. The first-order chi connectivity index (χ1) is 9.63. The summed E-state index contributed by atoms with van der Waals surface area (Å²) in [6.45, 7) is 0.577. The van der Waals surface area contributed by atoms with E-state index in [1.165, 1.54) is 12.1 Å². The Morgan fingerprint density at radius 3 is 2.75 bits per heavy atom. The van der Waals surface area contributed by atoms with Crippen LogP contribution >= 0.6 is 11.6 Å².